The van der Waals surface area contributed by atoms with Gasteiger partial charge < -0.3 is 14.7 Å². The second-order valence-electron chi connectivity index (χ2n) is 6.64. The second kappa shape index (κ2) is 7.43. The van der Waals surface area contributed by atoms with Gasteiger partial charge in [-0.15, -0.1) is 0 Å². The number of rotatable bonds is 4. The van der Waals surface area contributed by atoms with Gasteiger partial charge in [-0.05, 0) is 31.2 Å². The average molecular weight is 411 g/mol. The number of hydrogen-bond donors (Lipinski definition) is 1. The average Bonchev–Trinajstić information content (AvgIpc) is 2.96. The van der Waals surface area contributed by atoms with Crippen LogP contribution in [-0.2, 0) is 9.53 Å². The van der Waals surface area contributed by atoms with Crippen LogP contribution in [0.3, 0.4) is 0 Å². The van der Waals surface area contributed by atoms with Crippen LogP contribution < -0.4 is 0 Å². The van der Waals surface area contributed by atoms with Gasteiger partial charge in [0, 0.05) is 36.0 Å². The number of carbonyl (C=O) groups excluding carboxylic acids is 1. The Morgan fingerprint density at radius 1 is 1.36 bits per heavy atom. The van der Waals surface area contributed by atoms with E-state index >= 15 is 0 Å². The summed E-state index contributed by atoms with van der Waals surface area (Å²) in [5, 5.41) is 9.59. The lowest BCUT2D eigenvalue weighted by Gasteiger charge is -2.44. The highest BCUT2D eigenvalue weighted by Crippen LogP contribution is 2.38. The van der Waals surface area contributed by atoms with E-state index in [4.69, 9.17) is 4.74 Å². The third kappa shape index (κ3) is 3.59. The Morgan fingerprint density at radius 2 is 2.08 bits per heavy atom. The fraction of sp³-hybridized carbons (Fsp3) is 0.556. The summed E-state index contributed by atoms with van der Waals surface area (Å²) in [5.74, 6) is -1.30. The van der Waals surface area contributed by atoms with Crippen molar-refractivity contribution in [2.75, 3.05) is 26.2 Å². The molecule has 6 nitrogen and oxygen atoms in total. The van der Waals surface area contributed by atoms with Crippen molar-refractivity contribution < 1.29 is 19.4 Å². The molecule has 0 bridgehead atoms. The molecule has 7 heteroatoms. The fourth-order valence-electron chi connectivity index (χ4n) is 3.76. The summed E-state index contributed by atoms with van der Waals surface area (Å²) >= 11 is 3.37. The van der Waals surface area contributed by atoms with Crippen molar-refractivity contribution in [3.05, 3.63) is 34.3 Å². The number of amides is 1. The number of carbonyl (C=O) groups is 2. The SMILES string of the molecule is CCCN1CCC2(CC1)OCC(C(=O)O)N2C(=O)c1cccc(Br)c1. The molecule has 1 spiro atoms. The van der Waals surface area contributed by atoms with Crippen LogP contribution in [-0.4, -0.2) is 64.8 Å². The van der Waals surface area contributed by atoms with Crippen molar-refractivity contribution in [1.29, 1.82) is 0 Å². The number of likely N-dealkylation sites (tertiary alicyclic amines) is 1. The molecule has 1 N–H and O–H groups in total. The van der Waals surface area contributed by atoms with Gasteiger partial charge in [-0.1, -0.05) is 28.9 Å². The first-order valence-electron chi connectivity index (χ1n) is 8.65. The second-order valence-corrected chi connectivity index (χ2v) is 7.55. The molecular formula is C18H23BrN2O4. The van der Waals surface area contributed by atoms with Crippen molar-refractivity contribution in [2.45, 2.75) is 38.0 Å². The van der Waals surface area contributed by atoms with Crippen LogP contribution in [0, 0.1) is 0 Å². The van der Waals surface area contributed by atoms with Gasteiger partial charge in [0.1, 0.15) is 5.72 Å². The predicted octanol–water partition coefficient (Wildman–Crippen LogP) is 2.58. The molecule has 1 atom stereocenters. The molecule has 2 saturated heterocycles. The summed E-state index contributed by atoms with van der Waals surface area (Å²) in [6, 6.07) is 6.11. The zero-order chi connectivity index (χ0) is 18.0. The Balaban J connectivity index is 1.88. The van der Waals surface area contributed by atoms with Gasteiger partial charge in [-0.25, -0.2) is 4.79 Å². The Kier molecular flexibility index (Phi) is 5.46. The lowest BCUT2D eigenvalue weighted by molar-refractivity contribution is -0.143. The molecular weight excluding hydrogens is 388 g/mol. The van der Waals surface area contributed by atoms with Crippen molar-refractivity contribution >= 4 is 27.8 Å². The first-order valence-corrected chi connectivity index (χ1v) is 9.44. The molecule has 2 heterocycles. The highest BCUT2D eigenvalue weighted by atomic mass is 79.9. The predicted molar refractivity (Wildman–Crippen MR) is 96.4 cm³/mol. The lowest BCUT2D eigenvalue weighted by Crippen LogP contribution is -2.58. The summed E-state index contributed by atoms with van der Waals surface area (Å²) < 4.78 is 6.74. The molecule has 0 aliphatic carbocycles. The van der Waals surface area contributed by atoms with Gasteiger partial charge in [-0.3, -0.25) is 9.69 Å². The zero-order valence-corrected chi connectivity index (χ0v) is 15.9. The summed E-state index contributed by atoms with van der Waals surface area (Å²) in [6.45, 7) is 4.81. The van der Waals surface area contributed by atoms with Crippen LogP contribution in [0.4, 0.5) is 0 Å². The van der Waals surface area contributed by atoms with Gasteiger partial charge in [-0.2, -0.15) is 0 Å². The van der Waals surface area contributed by atoms with E-state index in [2.05, 4.69) is 27.8 Å². The highest BCUT2D eigenvalue weighted by Gasteiger charge is 2.53. The number of carboxylic acid groups (broad SMARTS) is 1. The number of hydrogen-bond acceptors (Lipinski definition) is 4. The van der Waals surface area contributed by atoms with E-state index in [1.807, 2.05) is 6.07 Å². The summed E-state index contributed by atoms with van der Waals surface area (Å²) in [4.78, 5) is 28.7. The maximum Gasteiger partial charge on any atom is 0.328 e. The molecule has 1 aromatic carbocycles. The monoisotopic (exact) mass is 410 g/mol. The zero-order valence-electron chi connectivity index (χ0n) is 14.3. The first kappa shape index (κ1) is 18.4. The molecule has 3 rings (SSSR count). The van der Waals surface area contributed by atoms with Crippen LogP contribution in [0.25, 0.3) is 0 Å². The molecule has 136 valence electrons. The molecule has 1 amide bonds. The minimum absolute atomic E-state index is 0.0445. The van der Waals surface area contributed by atoms with E-state index in [1.165, 1.54) is 4.90 Å². The number of halogens is 1. The Bertz CT molecular complexity index is 658. The molecule has 2 fully saturated rings. The molecule has 0 saturated carbocycles. The van der Waals surface area contributed by atoms with Crippen LogP contribution in [0.1, 0.15) is 36.5 Å². The Morgan fingerprint density at radius 3 is 2.68 bits per heavy atom. The minimum atomic E-state index is -1.02. The summed E-state index contributed by atoms with van der Waals surface area (Å²) in [6.07, 6.45) is 2.35. The number of carboxylic acids is 1. The number of aliphatic carboxylic acids is 1. The summed E-state index contributed by atoms with van der Waals surface area (Å²) in [7, 11) is 0. The first-order chi connectivity index (χ1) is 12.0. The van der Waals surface area contributed by atoms with Crippen molar-refractivity contribution in [3.63, 3.8) is 0 Å². The highest BCUT2D eigenvalue weighted by molar-refractivity contribution is 9.10. The third-order valence-corrected chi connectivity index (χ3v) is 5.51. The van der Waals surface area contributed by atoms with Crippen LogP contribution >= 0.6 is 15.9 Å². The number of ether oxygens (including phenoxy) is 1. The molecule has 2 aliphatic heterocycles. The quantitative estimate of drug-likeness (QED) is 0.825. The van der Waals surface area contributed by atoms with Gasteiger partial charge in [0.05, 0.1) is 6.61 Å². The minimum Gasteiger partial charge on any atom is -0.480 e. The fourth-order valence-corrected chi connectivity index (χ4v) is 4.16. The Hall–Kier alpha value is -1.44. The third-order valence-electron chi connectivity index (χ3n) is 5.01. The summed E-state index contributed by atoms with van der Waals surface area (Å²) in [5.41, 5.74) is -0.339. The maximum atomic E-state index is 13.1. The largest absolute Gasteiger partial charge is 0.480 e. The maximum absolute atomic E-state index is 13.1. The van der Waals surface area contributed by atoms with E-state index in [1.54, 1.807) is 18.2 Å². The van der Waals surface area contributed by atoms with Crippen molar-refractivity contribution in [1.82, 2.24) is 9.80 Å². The normalized spacial score (nSPS) is 23.1. The molecule has 2 aliphatic rings. The Labute approximate surface area is 155 Å². The van der Waals surface area contributed by atoms with Gasteiger partial charge >= 0.3 is 5.97 Å². The number of benzene rings is 1. The van der Waals surface area contributed by atoms with Gasteiger partial charge in [0.25, 0.3) is 5.91 Å². The molecule has 1 aromatic rings. The lowest BCUT2D eigenvalue weighted by atomic mass is 9.96. The standard InChI is InChI=1S/C18H23BrN2O4/c1-2-8-20-9-6-18(7-10-20)21(15(12-25-18)17(23)24)16(22)13-4-3-5-14(19)11-13/h3-5,11,15H,2,6-10,12H2,1H3,(H,23,24). The van der Waals surface area contributed by atoms with Crippen LogP contribution in [0.5, 0.6) is 0 Å². The van der Waals surface area contributed by atoms with E-state index < -0.39 is 17.7 Å². The van der Waals surface area contributed by atoms with E-state index in [0.717, 1.165) is 30.5 Å². The molecule has 0 radical (unpaired) electrons. The van der Waals surface area contributed by atoms with Crippen LogP contribution in [0.2, 0.25) is 0 Å². The van der Waals surface area contributed by atoms with Crippen molar-refractivity contribution in [2.24, 2.45) is 0 Å². The van der Waals surface area contributed by atoms with Crippen LogP contribution in [0.15, 0.2) is 28.7 Å². The van der Waals surface area contributed by atoms with Gasteiger partial charge in [0.15, 0.2) is 6.04 Å². The number of piperidine rings is 1. The van der Waals surface area contributed by atoms with Crippen molar-refractivity contribution in [3.8, 4) is 0 Å². The number of nitrogens with zero attached hydrogens (tertiary/aromatic N) is 2. The van der Waals surface area contributed by atoms with E-state index in [0.29, 0.717) is 18.4 Å². The van der Waals surface area contributed by atoms with E-state index in [9.17, 15) is 14.7 Å². The molecule has 1 unspecified atom stereocenters. The molecule has 0 aromatic heterocycles. The van der Waals surface area contributed by atoms with E-state index in [-0.39, 0.29) is 12.5 Å². The topological polar surface area (TPSA) is 70.1 Å². The molecule has 25 heavy (non-hydrogen) atoms. The van der Waals surface area contributed by atoms with Gasteiger partial charge in [0.2, 0.25) is 0 Å². The smallest absolute Gasteiger partial charge is 0.328 e.